The van der Waals surface area contributed by atoms with Crippen molar-refractivity contribution in [3.05, 3.63) is 0 Å². The number of unbranched alkanes of at least 4 members (excludes halogenated alkanes) is 1. The summed E-state index contributed by atoms with van der Waals surface area (Å²) in [7, 11) is 0. The molecule has 14 nitrogen and oxygen atoms in total. The number of carbonyl (C=O) groups excluding carboxylic acids is 5. The standard InChI is InChI=1S/C19H33N7O7/c20-6-2-1-4-11(19(32)33)24-17(30)13-5-3-7-26(13)18(31)12(9-15(23)28)25-16(29)10(21)8-14(22)27/h10-13H,1-9,20-21H2,(H2,22,27)(H2,23,28)(H,24,30)(H,25,29)(H,32,33). The maximum absolute atomic E-state index is 13.1. The number of carboxylic acids is 1. The fraction of sp³-hybridized carbons (Fsp3) is 0.684. The third-order valence-corrected chi connectivity index (χ3v) is 5.18. The molecule has 4 atom stereocenters. The molecular formula is C19H33N7O7. The normalized spacial score (nSPS) is 18.1. The van der Waals surface area contributed by atoms with Gasteiger partial charge in [-0.15, -0.1) is 0 Å². The summed E-state index contributed by atoms with van der Waals surface area (Å²) < 4.78 is 0. The highest BCUT2D eigenvalue weighted by Gasteiger charge is 2.39. The number of primary amides is 2. The molecule has 33 heavy (non-hydrogen) atoms. The number of carbonyl (C=O) groups is 6. The van der Waals surface area contributed by atoms with Crippen molar-refractivity contribution in [3.8, 4) is 0 Å². The molecule has 186 valence electrons. The maximum atomic E-state index is 13.1. The minimum absolute atomic E-state index is 0.153. The average molecular weight is 472 g/mol. The molecule has 0 radical (unpaired) electrons. The molecular weight excluding hydrogens is 438 g/mol. The van der Waals surface area contributed by atoms with Crippen LogP contribution in [0.2, 0.25) is 0 Å². The number of amides is 5. The Balaban J connectivity index is 2.92. The van der Waals surface area contributed by atoms with Crippen LogP contribution < -0.4 is 33.6 Å². The Kier molecular flexibility index (Phi) is 11.2. The number of hydrogen-bond acceptors (Lipinski definition) is 8. The van der Waals surface area contributed by atoms with Gasteiger partial charge in [0.1, 0.15) is 18.1 Å². The van der Waals surface area contributed by atoms with Gasteiger partial charge in [0.2, 0.25) is 29.5 Å². The first-order valence-electron chi connectivity index (χ1n) is 10.6. The third kappa shape index (κ3) is 9.02. The molecule has 0 aromatic rings. The van der Waals surface area contributed by atoms with Crippen molar-refractivity contribution in [1.29, 1.82) is 0 Å². The van der Waals surface area contributed by atoms with Crippen LogP contribution in [0.4, 0.5) is 0 Å². The Morgan fingerprint density at radius 1 is 0.970 bits per heavy atom. The number of nitrogens with zero attached hydrogens (tertiary/aromatic N) is 1. The van der Waals surface area contributed by atoms with Crippen molar-refractivity contribution in [2.75, 3.05) is 13.1 Å². The van der Waals surface area contributed by atoms with E-state index in [2.05, 4.69) is 10.6 Å². The van der Waals surface area contributed by atoms with Crippen LogP contribution in [0, 0.1) is 0 Å². The number of hydrogen-bond donors (Lipinski definition) is 7. The lowest BCUT2D eigenvalue weighted by Gasteiger charge is -2.29. The summed E-state index contributed by atoms with van der Waals surface area (Å²) in [5, 5.41) is 14.1. The van der Waals surface area contributed by atoms with Crippen LogP contribution >= 0.6 is 0 Å². The van der Waals surface area contributed by atoms with Crippen LogP contribution in [-0.2, 0) is 28.8 Å². The van der Waals surface area contributed by atoms with Gasteiger partial charge in [-0.1, -0.05) is 0 Å². The topological polar surface area (TPSA) is 254 Å². The molecule has 14 heteroatoms. The van der Waals surface area contributed by atoms with Crippen LogP contribution in [0.3, 0.4) is 0 Å². The van der Waals surface area contributed by atoms with Gasteiger partial charge < -0.3 is 43.6 Å². The van der Waals surface area contributed by atoms with E-state index in [1.54, 1.807) is 0 Å². The molecule has 0 aliphatic carbocycles. The smallest absolute Gasteiger partial charge is 0.326 e. The number of carboxylic acid groups (broad SMARTS) is 1. The predicted molar refractivity (Wildman–Crippen MR) is 115 cm³/mol. The lowest BCUT2D eigenvalue weighted by molar-refractivity contribution is -0.145. The number of nitrogens with one attached hydrogen (secondary N) is 2. The summed E-state index contributed by atoms with van der Waals surface area (Å²) in [6, 6.07) is -4.88. The van der Waals surface area contributed by atoms with Gasteiger partial charge in [-0.3, -0.25) is 24.0 Å². The molecule has 4 unspecified atom stereocenters. The Hall–Kier alpha value is -3.26. The number of aliphatic carboxylic acids is 1. The lowest BCUT2D eigenvalue weighted by Crippen LogP contribution is -2.57. The van der Waals surface area contributed by atoms with E-state index >= 15 is 0 Å². The molecule has 0 aromatic heterocycles. The summed E-state index contributed by atoms with van der Waals surface area (Å²) in [5.74, 6) is -5.22. The van der Waals surface area contributed by atoms with Crippen LogP contribution in [0.25, 0.3) is 0 Å². The van der Waals surface area contributed by atoms with Crippen molar-refractivity contribution >= 4 is 35.5 Å². The minimum Gasteiger partial charge on any atom is -0.480 e. The Morgan fingerprint density at radius 3 is 2.15 bits per heavy atom. The van der Waals surface area contributed by atoms with Gasteiger partial charge in [-0.2, -0.15) is 0 Å². The first-order valence-corrected chi connectivity index (χ1v) is 10.6. The van der Waals surface area contributed by atoms with Crippen LogP contribution in [0.15, 0.2) is 0 Å². The van der Waals surface area contributed by atoms with E-state index in [9.17, 15) is 33.9 Å². The van der Waals surface area contributed by atoms with Crippen LogP contribution in [0.5, 0.6) is 0 Å². The molecule has 1 aliphatic heterocycles. The fourth-order valence-corrected chi connectivity index (χ4v) is 3.51. The summed E-state index contributed by atoms with van der Waals surface area (Å²) in [5.41, 5.74) is 21.2. The molecule has 1 fully saturated rings. The van der Waals surface area contributed by atoms with Gasteiger partial charge in [0.05, 0.1) is 18.9 Å². The fourth-order valence-electron chi connectivity index (χ4n) is 3.51. The van der Waals surface area contributed by atoms with Gasteiger partial charge >= 0.3 is 5.97 Å². The minimum atomic E-state index is -1.41. The second-order valence-corrected chi connectivity index (χ2v) is 7.88. The van der Waals surface area contributed by atoms with Crippen molar-refractivity contribution in [3.63, 3.8) is 0 Å². The highest BCUT2D eigenvalue weighted by molar-refractivity contribution is 5.97. The van der Waals surface area contributed by atoms with E-state index in [0.717, 1.165) is 0 Å². The largest absolute Gasteiger partial charge is 0.480 e. The zero-order valence-electron chi connectivity index (χ0n) is 18.3. The van der Waals surface area contributed by atoms with Gasteiger partial charge in [0, 0.05) is 6.54 Å². The molecule has 1 heterocycles. The van der Waals surface area contributed by atoms with Crippen molar-refractivity contribution < 1.29 is 33.9 Å². The number of nitrogens with two attached hydrogens (primary N) is 4. The zero-order valence-corrected chi connectivity index (χ0v) is 18.3. The Morgan fingerprint density at radius 2 is 1.61 bits per heavy atom. The van der Waals surface area contributed by atoms with Crippen molar-refractivity contribution in [2.24, 2.45) is 22.9 Å². The average Bonchev–Trinajstić information content (AvgIpc) is 3.21. The van der Waals surface area contributed by atoms with E-state index in [1.807, 2.05) is 0 Å². The summed E-state index contributed by atoms with van der Waals surface area (Å²) in [6.07, 6.45) is 0.961. The summed E-state index contributed by atoms with van der Waals surface area (Å²) in [4.78, 5) is 73.1. The molecule has 1 saturated heterocycles. The molecule has 0 saturated carbocycles. The van der Waals surface area contributed by atoms with Crippen molar-refractivity contribution in [2.45, 2.75) is 69.1 Å². The van der Waals surface area contributed by atoms with Gasteiger partial charge in [0.25, 0.3) is 0 Å². The van der Waals surface area contributed by atoms with Gasteiger partial charge in [-0.05, 0) is 38.6 Å². The summed E-state index contributed by atoms with van der Waals surface area (Å²) in [6.45, 7) is 0.543. The molecule has 0 aromatic carbocycles. The molecule has 0 spiro atoms. The van der Waals surface area contributed by atoms with Crippen molar-refractivity contribution in [1.82, 2.24) is 15.5 Å². The molecule has 1 aliphatic rings. The quantitative estimate of drug-likeness (QED) is 0.123. The third-order valence-electron chi connectivity index (χ3n) is 5.18. The maximum Gasteiger partial charge on any atom is 0.326 e. The summed E-state index contributed by atoms with van der Waals surface area (Å²) >= 11 is 0. The molecule has 5 amide bonds. The monoisotopic (exact) mass is 471 g/mol. The zero-order chi connectivity index (χ0) is 25.1. The SMILES string of the molecule is NCCCCC(NC(=O)C1CCCN1C(=O)C(CC(N)=O)NC(=O)C(N)CC(N)=O)C(=O)O. The van der Waals surface area contributed by atoms with Gasteiger partial charge in [-0.25, -0.2) is 4.79 Å². The lowest BCUT2D eigenvalue weighted by atomic mass is 10.1. The number of rotatable bonds is 14. The van der Waals surface area contributed by atoms with E-state index in [4.69, 9.17) is 22.9 Å². The van der Waals surface area contributed by atoms with E-state index in [0.29, 0.717) is 25.8 Å². The second kappa shape index (κ2) is 13.3. The highest BCUT2D eigenvalue weighted by atomic mass is 16.4. The van der Waals surface area contributed by atoms with E-state index < -0.39 is 72.5 Å². The van der Waals surface area contributed by atoms with Crippen LogP contribution in [0.1, 0.15) is 44.9 Å². The first kappa shape index (κ1) is 27.8. The molecule has 0 bridgehead atoms. The first-order chi connectivity index (χ1) is 15.5. The highest BCUT2D eigenvalue weighted by Crippen LogP contribution is 2.20. The van der Waals surface area contributed by atoms with Crippen LogP contribution in [-0.4, -0.2) is 82.8 Å². The predicted octanol–water partition coefficient (Wildman–Crippen LogP) is -3.76. The number of likely N-dealkylation sites (tertiary alicyclic amines) is 1. The Labute approximate surface area is 190 Å². The Bertz CT molecular complexity index is 761. The van der Waals surface area contributed by atoms with E-state index in [1.165, 1.54) is 4.90 Å². The molecule has 1 rings (SSSR count). The van der Waals surface area contributed by atoms with Gasteiger partial charge in [0.15, 0.2) is 0 Å². The van der Waals surface area contributed by atoms with E-state index in [-0.39, 0.29) is 19.4 Å². The molecule has 11 N–H and O–H groups in total. The second-order valence-electron chi connectivity index (χ2n) is 7.88.